The maximum Gasteiger partial charge on any atom is 0.124 e. The van der Waals surface area contributed by atoms with Gasteiger partial charge in [0, 0.05) is 23.7 Å². The lowest BCUT2D eigenvalue weighted by Crippen LogP contribution is -2.16. The molecule has 0 atom stereocenters. The third-order valence-electron chi connectivity index (χ3n) is 1.87. The molecular weight excluding hydrogens is 205 g/mol. The zero-order valence-electron chi connectivity index (χ0n) is 8.02. The van der Waals surface area contributed by atoms with Crippen LogP contribution < -0.4 is 10.1 Å². The van der Waals surface area contributed by atoms with Gasteiger partial charge in [0.05, 0.1) is 7.11 Å². The molecule has 78 valence electrons. The van der Waals surface area contributed by atoms with Gasteiger partial charge in [-0.15, -0.1) is 0 Å². The van der Waals surface area contributed by atoms with Gasteiger partial charge in [0.15, 0.2) is 0 Å². The topological polar surface area (TPSA) is 21.3 Å². The molecule has 0 bridgehead atoms. The highest BCUT2D eigenvalue weighted by Crippen LogP contribution is 2.25. The fourth-order valence-corrected chi connectivity index (χ4v) is 1.41. The van der Waals surface area contributed by atoms with Crippen molar-refractivity contribution in [1.29, 1.82) is 0 Å². The van der Waals surface area contributed by atoms with Crippen LogP contribution in [0.3, 0.4) is 0 Å². The molecule has 0 heterocycles. The molecule has 1 rings (SSSR count). The van der Waals surface area contributed by atoms with Gasteiger partial charge in [0.2, 0.25) is 0 Å². The Morgan fingerprint density at radius 1 is 1.50 bits per heavy atom. The van der Waals surface area contributed by atoms with Crippen LogP contribution in [0.15, 0.2) is 18.2 Å². The van der Waals surface area contributed by atoms with Crippen molar-refractivity contribution in [2.24, 2.45) is 0 Å². The minimum atomic E-state index is -0.382. The van der Waals surface area contributed by atoms with Crippen molar-refractivity contribution in [3.63, 3.8) is 0 Å². The number of rotatable bonds is 5. The summed E-state index contributed by atoms with van der Waals surface area (Å²) in [6.45, 7) is 0.466. The first-order valence-electron chi connectivity index (χ1n) is 4.37. The lowest BCUT2D eigenvalue weighted by molar-refractivity contribution is 0.405. The highest BCUT2D eigenvalue weighted by molar-refractivity contribution is 6.31. The molecule has 0 unspecified atom stereocenters. The van der Waals surface area contributed by atoms with E-state index in [1.807, 2.05) is 12.1 Å². The zero-order valence-corrected chi connectivity index (χ0v) is 8.77. The Balaban J connectivity index is 2.72. The normalized spacial score (nSPS) is 10.2. The number of methoxy groups -OCH3 is 1. The van der Waals surface area contributed by atoms with Gasteiger partial charge < -0.3 is 10.1 Å². The molecule has 0 aliphatic heterocycles. The molecule has 0 saturated carbocycles. The molecule has 0 aliphatic carbocycles. The van der Waals surface area contributed by atoms with Crippen LogP contribution in [0.4, 0.5) is 4.39 Å². The molecule has 0 amide bonds. The maximum atomic E-state index is 11.9. The summed E-state index contributed by atoms with van der Waals surface area (Å²) in [6.07, 6.45) is 0. The smallest absolute Gasteiger partial charge is 0.124 e. The predicted molar refractivity (Wildman–Crippen MR) is 55.7 cm³/mol. The summed E-state index contributed by atoms with van der Waals surface area (Å²) in [5.41, 5.74) is 0.866. The van der Waals surface area contributed by atoms with Crippen LogP contribution in [0.25, 0.3) is 0 Å². The van der Waals surface area contributed by atoms with Gasteiger partial charge in [0.25, 0.3) is 0 Å². The third-order valence-corrected chi connectivity index (χ3v) is 2.22. The first kappa shape index (κ1) is 11.3. The molecule has 1 aromatic carbocycles. The highest BCUT2D eigenvalue weighted by atomic mass is 35.5. The molecule has 1 aromatic rings. The van der Waals surface area contributed by atoms with Gasteiger partial charge in [-0.2, -0.15) is 0 Å². The molecule has 1 N–H and O–H groups in total. The Morgan fingerprint density at radius 2 is 2.29 bits per heavy atom. The van der Waals surface area contributed by atoms with Gasteiger partial charge in [0.1, 0.15) is 12.4 Å². The summed E-state index contributed by atoms with van der Waals surface area (Å²) in [5, 5.41) is 3.56. The summed E-state index contributed by atoms with van der Waals surface area (Å²) in [7, 11) is 1.59. The van der Waals surface area contributed by atoms with E-state index in [9.17, 15) is 4.39 Å². The van der Waals surface area contributed by atoms with E-state index >= 15 is 0 Å². The summed E-state index contributed by atoms with van der Waals surface area (Å²) in [5.74, 6) is 0.726. The van der Waals surface area contributed by atoms with E-state index in [1.165, 1.54) is 0 Å². The largest absolute Gasteiger partial charge is 0.496 e. The maximum absolute atomic E-state index is 11.9. The van der Waals surface area contributed by atoms with Crippen LogP contribution in [0.5, 0.6) is 5.75 Å². The Kier molecular flexibility index (Phi) is 4.70. The monoisotopic (exact) mass is 217 g/mol. The second kappa shape index (κ2) is 5.83. The SMILES string of the molecule is COc1cccc(Cl)c1CNCCF. The third kappa shape index (κ3) is 2.86. The Labute approximate surface area is 88.0 Å². The van der Waals surface area contributed by atoms with Crippen molar-refractivity contribution < 1.29 is 9.13 Å². The fraction of sp³-hybridized carbons (Fsp3) is 0.400. The van der Waals surface area contributed by atoms with E-state index in [1.54, 1.807) is 13.2 Å². The van der Waals surface area contributed by atoms with Crippen molar-refractivity contribution >= 4 is 11.6 Å². The quantitative estimate of drug-likeness (QED) is 0.765. The van der Waals surface area contributed by atoms with Crippen molar-refractivity contribution in [3.8, 4) is 5.75 Å². The summed E-state index contributed by atoms with van der Waals surface area (Å²) >= 11 is 5.97. The Hall–Kier alpha value is -0.800. The number of benzene rings is 1. The molecule has 0 aromatic heterocycles. The van der Waals surface area contributed by atoms with Crippen molar-refractivity contribution in [3.05, 3.63) is 28.8 Å². The number of nitrogens with one attached hydrogen (secondary N) is 1. The predicted octanol–water partition coefficient (Wildman–Crippen LogP) is 2.41. The molecule has 0 saturated heterocycles. The molecule has 14 heavy (non-hydrogen) atoms. The molecular formula is C10H13ClFNO. The van der Waals surface area contributed by atoms with Gasteiger partial charge in [-0.1, -0.05) is 17.7 Å². The standard InChI is InChI=1S/C10H13ClFNO/c1-14-10-4-2-3-9(11)8(10)7-13-6-5-12/h2-4,13H,5-7H2,1H3. The van der Waals surface area contributed by atoms with Crippen LogP contribution in [0, 0.1) is 0 Å². The van der Waals surface area contributed by atoms with Crippen molar-refractivity contribution in [2.45, 2.75) is 6.54 Å². The van der Waals surface area contributed by atoms with E-state index in [-0.39, 0.29) is 6.67 Å². The van der Waals surface area contributed by atoms with E-state index in [2.05, 4.69) is 5.32 Å². The second-order valence-corrected chi connectivity index (χ2v) is 3.19. The van der Waals surface area contributed by atoms with E-state index < -0.39 is 0 Å². The number of ether oxygens (including phenoxy) is 1. The van der Waals surface area contributed by atoms with Gasteiger partial charge in [-0.05, 0) is 12.1 Å². The minimum absolute atomic E-state index is 0.328. The average molecular weight is 218 g/mol. The molecule has 2 nitrogen and oxygen atoms in total. The first-order valence-corrected chi connectivity index (χ1v) is 4.75. The van der Waals surface area contributed by atoms with E-state index in [0.717, 1.165) is 11.3 Å². The average Bonchev–Trinajstić information content (AvgIpc) is 2.20. The van der Waals surface area contributed by atoms with E-state index in [0.29, 0.717) is 18.1 Å². The van der Waals surface area contributed by atoms with Crippen LogP contribution in [-0.2, 0) is 6.54 Å². The van der Waals surface area contributed by atoms with Crippen LogP contribution in [-0.4, -0.2) is 20.3 Å². The van der Waals surface area contributed by atoms with Crippen molar-refractivity contribution in [2.75, 3.05) is 20.3 Å². The lowest BCUT2D eigenvalue weighted by atomic mass is 10.2. The van der Waals surface area contributed by atoms with Crippen LogP contribution in [0.1, 0.15) is 5.56 Å². The van der Waals surface area contributed by atoms with Crippen molar-refractivity contribution in [1.82, 2.24) is 5.32 Å². The van der Waals surface area contributed by atoms with Gasteiger partial charge in [-0.3, -0.25) is 0 Å². The molecule has 0 fully saturated rings. The van der Waals surface area contributed by atoms with Crippen LogP contribution >= 0.6 is 11.6 Å². The molecule has 0 radical (unpaired) electrons. The van der Waals surface area contributed by atoms with Gasteiger partial charge >= 0.3 is 0 Å². The fourth-order valence-electron chi connectivity index (χ4n) is 1.18. The first-order chi connectivity index (χ1) is 6.79. The summed E-state index contributed by atoms with van der Waals surface area (Å²) in [6, 6.07) is 5.44. The molecule has 0 spiro atoms. The summed E-state index contributed by atoms with van der Waals surface area (Å²) < 4.78 is 17.0. The van der Waals surface area contributed by atoms with E-state index in [4.69, 9.17) is 16.3 Å². The Morgan fingerprint density at radius 3 is 2.93 bits per heavy atom. The number of hydrogen-bond acceptors (Lipinski definition) is 2. The second-order valence-electron chi connectivity index (χ2n) is 2.79. The molecule has 4 heteroatoms. The van der Waals surface area contributed by atoms with Crippen LogP contribution in [0.2, 0.25) is 5.02 Å². The lowest BCUT2D eigenvalue weighted by Gasteiger charge is -2.10. The number of halogens is 2. The summed E-state index contributed by atoms with van der Waals surface area (Å²) in [4.78, 5) is 0. The Bertz CT molecular complexity index is 293. The highest BCUT2D eigenvalue weighted by Gasteiger charge is 2.06. The number of alkyl halides is 1. The molecule has 0 aliphatic rings. The zero-order chi connectivity index (χ0) is 10.4. The van der Waals surface area contributed by atoms with Gasteiger partial charge in [-0.25, -0.2) is 4.39 Å². The minimum Gasteiger partial charge on any atom is -0.496 e. The number of hydrogen-bond donors (Lipinski definition) is 1.